The van der Waals surface area contributed by atoms with Crippen LogP contribution in [-0.2, 0) is 14.6 Å². The standard InChI is InChI=1S/C24H32F4N4O4S/c1-14(2)31-19-10-15(22(33)32-23(3)6-8-37(34,35)9-7-23)4-5-16(19)21(29)17-11-20(30-12-18(17)25)36-13-24(26,27)28/h11-12,14-15H,4-10,13,29H2,1-3H3,(H,32,33)/t15-/m1/s1. The molecule has 37 heavy (non-hydrogen) atoms. The maximum Gasteiger partial charge on any atom is 0.422 e. The number of nitrogens with two attached hydrogens (primary N) is 1. The second kappa shape index (κ2) is 11.0. The number of alkyl halides is 3. The minimum atomic E-state index is -4.58. The van der Waals surface area contributed by atoms with Crippen LogP contribution in [0.3, 0.4) is 0 Å². The van der Waals surface area contributed by atoms with Gasteiger partial charge in [0.2, 0.25) is 11.8 Å². The first-order valence-corrected chi connectivity index (χ1v) is 13.8. The average Bonchev–Trinajstić information content (AvgIpc) is 2.79. The Hall–Kier alpha value is -2.70. The average molecular weight is 549 g/mol. The monoisotopic (exact) mass is 548 g/mol. The molecule has 2 aliphatic rings. The number of nitrogens with one attached hydrogen (secondary N) is 1. The molecule has 1 saturated heterocycles. The van der Waals surface area contributed by atoms with E-state index in [4.69, 9.17) is 5.73 Å². The van der Waals surface area contributed by atoms with Crippen molar-refractivity contribution in [1.29, 1.82) is 0 Å². The SMILES string of the molecule is CC(C)N=C1C[C@H](C(=O)NC2(C)CCS(=O)(=O)CC2)CCC1=C(N)c1cc(OCC(F)(F)F)ncc1F. The number of allylic oxidation sites excluding steroid dienone is 1. The number of nitrogens with zero attached hydrogens (tertiary/aromatic N) is 2. The molecule has 206 valence electrons. The van der Waals surface area contributed by atoms with Gasteiger partial charge in [0.25, 0.3) is 0 Å². The van der Waals surface area contributed by atoms with Crippen molar-refractivity contribution in [3.05, 3.63) is 29.2 Å². The van der Waals surface area contributed by atoms with Crippen LogP contribution in [0.1, 0.15) is 58.4 Å². The van der Waals surface area contributed by atoms with Crippen LogP contribution < -0.4 is 15.8 Å². The molecule has 0 spiro atoms. The van der Waals surface area contributed by atoms with Crippen molar-refractivity contribution >= 4 is 27.2 Å². The fourth-order valence-electron chi connectivity index (χ4n) is 4.41. The van der Waals surface area contributed by atoms with Crippen LogP contribution in [-0.4, -0.2) is 60.9 Å². The summed E-state index contributed by atoms with van der Waals surface area (Å²) >= 11 is 0. The van der Waals surface area contributed by atoms with Gasteiger partial charge in [0.1, 0.15) is 9.84 Å². The van der Waals surface area contributed by atoms with Gasteiger partial charge < -0.3 is 15.8 Å². The van der Waals surface area contributed by atoms with Crippen LogP contribution >= 0.6 is 0 Å². The van der Waals surface area contributed by atoms with E-state index < -0.39 is 45.8 Å². The molecule has 0 unspecified atom stereocenters. The lowest BCUT2D eigenvalue weighted by Gasteiger charge is -2.36. The molecule has 1 aromatic rings. The number of hydrogen-bond acceptors (Lipinski definition) is 7. The predicted octanol–water partition coefficient (Wildman–Crippen LogP) is 3.56. The summed E-state index contributed by atoms with van der Waals surface area (Å²) in [5.74, 6) is -1.87. The smallest absolute Gasteiger partial charge is 0.422 e. The first kappa shape index (κ1) is 28.9. The molecule has 1 amide bonds. The van der Waals surface area contributed by atoms with E-state index in [1.54, 1.807) is 0 Å². The van der Waals surface area contributed by atoms with Crippen LogP contribution in [0.5, 0.6) is 5.88 Å². The number of carbonyl (C=O) groups is 1. The number of pyridine rings is 1. The molecule has 13 heteroatoms. The Morgan fingerprint density at radius 3 is 2.57 bits per heavy atom. The molecule has 8 nitrogen and oxygen atoms in total. The molecule has 0 radical (unpaired) electrons. The quantitative estimate of drug-likeness (QED) is 0.524. The largest absolute Gasteiger partial charge is 0.468 e. The molecule has 2 fully saturated rings. The maximum absolute atomic E-state index is 14.6. The number of hydrogen-bond donors (Lipinski definition) is 2. The van der Waals surface area contributed by atoms with E-state index in [9.17, 15) is 30.8 Å². The van der Waals surface area contributed by atoms with Crippen molar-refractivity contribution in [2.75, 3.05) is 18.1 Å². The van der Waals surface area contributed by atoms with Crippen LogP contribution in [0.15, 0.2) is 22.8 Å². The summed E-state index contributed by atoms with van der Waals surface area (Å²) < 4.78 is 80.3. The Bertz CT molecular complexity index is 1180. The van der Waals surface area contributed by atoms with Gasteiger partial charge in [-0.15, -0.1) is 0 Å². The molecular weight excluding hydrogens is 516 g/mol. The highest BCUT2D eigenvalue weighted by molar-refractivity contribution is 7.91. The Balaban J connectivity index is 1.82. The van der Waals surface area contributed by atoms with Crippen LogP contribution in [0, 0.1) is 11.7 Å². The Kier molecular flexibility index (Phi) is 8.55. The summed E-state index contributed by atoms with van der Waals surface area (Å²) in [6, 6.07) is 0.862. The van der Waals surface area contributed by atoms with Crippen LogP contribution in [0.2, 0.25) is 0 Å². The third-order valence-electron chi connectivity index (χ3n) is 6.50. The second-order valence-corrected chi connectivity index (χ2v) is 12.4. The number of carbonyl (C=O) groups excluding carboxylic acids is 1. The molecule has 0 aromatic carbocycles. The molecule has 1 saturated carbocycles. The fourth-order valence-corrected chi connectivity index (χ4v) is 6.14. The number of aliphatic imine (C=N–C) groups is 1. The van der Waals surface area contributed by atoms with Gasteiger partial charge in [0, 0.05) is 47.0 Å². The number of amides is 1. The van der Waals surface area contributed by atoms with Gasteiger partial charge in [-0.3, -0.25) is 9.79 Å². The molecule has 2 heterocycles. The fraction of sp³-hybridized carbons (Fsp3) is 0.625. The molecule has 3 rings (SSSR count). The van der Waals surface area contributed by atoms with Gasteiger partial charge in [-0.05, 0) is 52.0 Å². The third-order valence-corrected chi connectivity index (χ3v) is 8.15. The first-order chi connectivity index (χ1) is 17.1. The van der Waals surface area contributed by atoms with Crippen molar-refractivity contribution in [1.82, 2.24) is 10.3 Å². The van der Waals surface area contributed by atoms with Crippen LogP contribution in [0.25, 0.3) is 5.70 Å². The molecular formula is C24H32F4N4O4S. The summed E-state index contributed by atoms with van der Waals surface area (Å²) in [7, 11) is -3.09. The number of rotatable bonds is 6. The first-order valence-electron chi connectivity index (χ1n) is 12.0. The zero-order valence-electron chi connectivity index (χ0n) is 21.0. The topological polar surface area (TPSA) is 124 Å². The van der Waals surface area contributed by atoms with E-state index in [0.29, 0.717) is 37.0 Å². The minimum absolute atomic E-state index is 0.000495. The van der Waals surface area contributed by atoms with E-state index in [1.165, 1.54) is 0 Å². The summed E-state index contributed by atoms with van der Waals surface area (Å²) in [5, 5.41) is 3.01. The molecule has 3 N–H and O–H groups in total. The Labute approximate surface area is 213 Å². The molecule has 0 bridgehead atoms. The summed E-state index contributed by atoms with van der Waals surface area (Å²) in [5.41, 5.74) is 6.55. The van der Waals surface area contributed by atoms with E-state index >= 15 is 0 Å². The highest BCUT2D eigenvalue weighted by Crippen LogP contribution is 2.33. The van der Waals surface area contributed by atoms with Gasteiger partial charge in [-0.2, -0.15) is 13.2 Å². The zero-order valence-corrected chi connectivity index (χ0v) is 21.8. The lowest BCUT2D eigenvalue weighted by atomic mass is 9.81. The van der Waals surface area contributed by atoms with E-state index in [0.717, 1.165) is 12.3 Å². The zero-order chi connectivity index (χ0) is 27.6. The van der Waals surface area contributed by atoms with Crippen LogP contribution in [0.4, 0.5) is 17.6 Å². The third kappa shape index (κ3) is 7.89. The van der Waals surface area contributed by atoms with Gasteiger partial charge in [-0.1, -0.05) is 0 Å². The van der Waals surface area contributed by atoms with Crippen molar-refractivity contribution in [3.63, 3.8) is 0 Å². The molecule has 1 atom stereocenters. The summed E-state index contributed by atoms with van der Waals surface area (Å²) in [6.45, 7) is 3.93. The Morgan fingerprint density at radius 1 is 1.32 bits per heavy atom. The normalized spacial score (nSPS) is 24.1. The lowest BCUT2D eigenvalue weighted by Crippen LogP contribution is -2.53. The van der Waals surface area contributed by atoms with Crippen molar-refractivity contribution in [2.24, 2.45) is 16.6 Å². The maximum atomic E-state index is 14.6. The number of ether oxygens (including phenoxy) is 1. The number of aromatic nitrogens is 1. The molecule has 1 aliphatic heterocycles. The molecule has 1 aliphatic carbocycles. The van der Waals surface area contributed by atoms with E-state index in [1.807, 2.05) is 20.8 Å². The summed E-state index contributed by atoms with van der Waals surface area (Å²) in [6.07, 6.45) is -2.26. The predicted molar refractivity (Wildman–Crippen MR) is 131 cm³/mol. The van der Waals surface area contributed by atoms with Crippen molar-refractivity contribution in [2.45, 2.75) is 70.6 Å². The van der Waals surface area contributed by atoms with Crippen molar-refractivity contribution < 1.29 is 35.5 Å². The van der Waals surface area contributed by atoms with Gasteiger partial charge in [0.15, 0.2) is 12.4 Å². The van der Waals surface area contributed by atoms with Crippen molar-refractivity contribution in [3.8, 4) is 5.88 Å². The molecule has 1 aromatic heterocycles. The highest BCUT2D eigenvalue weighted by Gasteiger charge is 2.37. The van der Waals surface area contributed by atoms with E-state index in [2.05, 4.69) is 20.0 Å². The Morgan fingerprint density at radius 2 is 1.97 bits per heavy atom. The number of halogens is 4. The van der Waals surface area contributed by atoms with Gasteiger partial charge in [-0.25, -0.2) is 17.8 Å². The number of sulfone groups is 1. The minimum Gasteiger partial charge on any atom is -0.468 e. The van der Waals surface area contributed by atoms with Gasteiger partial charge >= 0.3 is 6.18 Å². The lowest BCUT2D eigenvalue weighted by molar-refractivity contribution is -0.154. The van der Waals surface area contributed by atoms with Gasteiger partial charge in [0.05, 0.1) is 17.7 Å². The summed E-state index contributed by atoms with van der Waals surface area (Å²) in [4.78, 5) is 21.3. The van der Waals surface area contributed by atoms with E-state index in [-0.39, 0.29) is 41.1 Å². The highest BCUT2D eigenvalue weighted by atomic mass is 32.2. The second-order valence-electron chi connectivity index (χ2n) is 10.1.